The lowest BCUT2D eigenvalue weighted by Crippen LogP contribution is -2.62. The summed E-state index contributed by atoms with van der Waals surface area (Å²) in [7, 11) is -4.58. The van der Waals surface area contributed by atoms with Gasteiger partial charge in [-0.2, -0.15) is 8.42 Å². The first-order chi connectivity index (χ1) is 22.1. The molecular weight excluding hydrogens is 616 g/mol. The lowest BCUT2D eigenvalue weighted by Gasteiger charge is -2.42. The second kappa shape index (κ2) is 14.5. The third-order valence-electron chi connectivity index (χ3n) is 7.05. The Morgan fingerprint density at radius 2 is 1.11 bits per heavy atom. The summed E-state index contributed by atoms with van der Waals surface area (Å²) >= 11 is 0. The lowest BCUT2D eigenvalue weighted by molar-refractivity contribution is -0.278. The van der Waals surface area contributed by atoms with Crippen molar-refractivity contribution in [2.75, 3.05) is 6.61 Å². The number of hydrogen-bond donors (Lipinski definition) is 1. The number of aryl methyl sites for hydroxylation is 1. The van der Waals surface area contributed by atoms with Gasteiger partial charge in [0.25, 0.3) is 10.1 Å². The van der Waals surface area contributed by atoms with Crippen LogP contribution in [-0.4, -0.2) is 68.7 Å². The van der Waals surface area contributed by atoms with Crippen LogP contribution in [0.4, 0.5) is 0 Å². The molecule has 0 amide bonds. The van der Waals surface area contributed by atoms with E-state index in [1.54, 1.807) is 73.7 Å². The van der Waals surface area contributed by atoms with Crippen LogP contribution in [0.25, 0.3) is 0 Å². The Hall–Kier alpha value is -4.88. The number of aliphatic hydroxyl groups excluding tert-OH is 1. The van der Waals surface area contributed by atoms with Gasteiger partial charge in [-0.05, 0) is 55.5 Å². The molecule has 1 fully saturated rings. The van der Waals surface area contributed by atoms with Crippen LogP contribution in [0.1, 0.15) is 36.6 Å². The summed E-state index contributed by atoms with van der Waals surface area (Å²) < 4.78 is 54.8. The number of carbonyl (C=O) groups is 3. The predicted molar refractivity (Wildman–Crippen MR) is 162 cm³/mol. The van der Waals surface area contributed by atoms with Crippen LogP contribution in [0.5, 0.6) is 0 Å². The highest BCUT2D eigenvalue weighted by molar-refractivity contribution is 7.86. The number of aliphatic hydroxyl groups is 1. The Labute approximate surface area is 265 Å². The molecule has 11 nitrogen and oxygen atoms in total. The van der Waals surface area contributed by atoms with E-state index < -0.39 is 65.3 Å². The maximum atomic E-state index is 13.4. The number of benzene rings is 4. The van der Waals surface area contributed by atoms with Crippen LogP contribution in [-0.2, 0) is 33.2 Å². The summed E-state index contributed by atoms with van der Waals surface area (Å²) in [5.41, 5.74) is 1.21. The van der Waals surface area contributed by atoms with Gasteiger partial charge in [-0.3, -0.25) is 4.18 Å². The van der Waals surface area contributed by atoms with Gasteiger partial charge in [-0.25, -0.2) is 14.4 Å². The maximum absolute atomic E-state index is 13.4. The molecule has 0 aliphatic carbocycles. The highest BCUT2D eigenvalue weighted by atomic mass is 32.2. The zero-order chi connectivity index (χ0) is 32.7. The van der Waals surface area contributed by atoms with Crippen molar-refractivity contribution in [3.8, 4) is 0 Å². The number of ether oxygens (including phenoxy) is 4. The second-order valence-corrected chi connectivity index (χ2v) is 11.9. The molecule has 5 rings (SSSR count). The van der Waals surface area contributed by atoms with Crippen LogP contribution in [0.2, 0.25) is 0 Å². The van der Waals surface area contributed by atoms with Crippen LogP contribution in [0.3, 0.4) is 0 Å². The van der Waals surface area contributed by atoms with Gasteiger partial charge in [0.05, 0.1) is 21.6 Å². The fourth-order valence-electron chi connectivity index (χ4n) is 4.66. The highest BCUT2D eigenvalue weighted by Gasteiger charge is 2.53. The molecule has 0 bridgehead atoms. The average molecular weight is 647 g/mol. The molecule has 0 spiro atoms. The van der Waals surface area contributed by atoms with Gasteiger partial charge in [-0.1, -0.05) is 72.3 Å². The van der Waals surface area contributed by atoms with Crippen LogP contribution in [0.15, 0.2) is 120 Å². The quantitative estimate of drug-likeness (QED) is 0.151. The summed E-state index contributed by atoms with van der Waals surface area (Å²) in [6.45, 7) is 1.19. The summed E-state index contributed by atoms with van der Waals surface area (Å²) in [5, 5.41) is 11.1. The number of hydrogen-bond acceptors (Lipinski definition) is 11. The van der Waals surface area contributed by atoms with Crippen molar-refractivity contribution < 1.29 is 51.0 Å². The Morgan fingerprint density at radius 1 is 0.652 bits per heavy atom. The molecule has 1 aliphatic rings. The van der Waals surface area contributed by atoms with Crippen LogP contribution >= 0.6 is 0 Å². The summed E-state index contributed by atoms with van der Waals surface area (Å²) in [6, 6.07) is 29.4. The Kier molecular flexibility index (Phi) is 10.2. The van der Waals surface area contributed by atoms with Gasteiger partial charge in [0, 0.05) is 0 Å². The first-order valence-electron chi connectivity index (χ1n) is 14.2. The van der Waals surface area contributed by atoms with E-state index in [4.69, 9.17) is 23.1 Å². The van der Waals surface area contributed by atoms with E-state index in [0.717, 1.165) is 5.56 Å². The van der Waals surface area contributed by atoms with Crippen molar-refractivity contribution in [2.45, 2.75) is 42.5 Å². The fraction of sp³-hybridized carbons (Fsp3) is 0.206. The third kappa shape index (κ3) is 7.85. The second-order valence-electron chi connectivity index (χ2n) is 10.3. The van der Waals surface area contributed by atoms with E-state index >= 15 is 0 Å². The van der Waals surface area contributed by atoms with Gasteiger partial charge >= 0.3 is 17.9 Å². The van der Waals surface area contributed by atoms with Crippen LogP contribution < -0.4 is 0 Å². The highest BCUT2D eigenvalue weighted by Crippen LogP contribution is 2.31. The van der Waals surface area contributed by atoms with E-state index in [9.17, 15) is 27.9 Å². The normalized spacial score (nSPS) is 21.1. The summed E-state index contributed by atoms with van der Waals surface area (Å²) in [4.78, 5) is 39.1. The third-order valence-corrected chi connectivity index (χ3v) is 8.38. The molecule has 1 saturated heterocycles. The summed E-state index contributed by atoms with van der Waals surface area (Å²) in [6.07, 6.45) is -8.75. The molecule has 4 aromatic carbocycles. The number of rotatable bonds is 10. The molecule has 46 heavy (non-hydrogen) atoms. The molecule has 0 aromatic heterocycles. The van der Waals surface area contributed by atoms with E-state index in [1.807, 2.05) is 0 Å². The SMILES string of the molecule is Cc1ccc(S(=O)(=O)OC2C(O)OC(COC(=O)c3ccccc3)C(OC(=O)c3ccccc3)C2OC(=O)c2ccccc2)cc1. The molecule has 1 N–H and O–H groups in total. The first-order valence-corrected chi connectivity index (χ1v) is 15.6. The van der Waals surface area contributed by atoms with Gasteiger partial charge in [0.2, 0.25) is 0 Å². The van der Waals surface area contributed by atoms with E-state index in [2.05, 4.69) is 0 Å². The van der Waals surface area contributed by atoms with E-state index in [0.29, 0.717) is 0 Å². The maximum Gasteiger partial charge on any atom is 0.338 e. The molecule has 5 unspecified atom stereocenters. The first kappa shape index (κ1) is 32.5. The lowest BCUT2D eigenvalue weighted by atomic mass is 9.98. The number of carbonyl (C=O) groups excluding carboxylic acids is 3. The topological polar surface area (TPSA) is 152 Å². The smallest absolute Gasteiger partial charge is 0.338 e. The minimum Gasteiger partial charge on any atom is -0.459 e. The minimum absolute atomic E-state index is 0.0869. The van der Waals surface area contributed by atoms with E-state index in [-0.39, 0.29) is 21.6 Å². The molecule has 0 radical (unpaired) electrons. The summed E-state index contributed by atoms with van der Waals surface area (Å²) in [5.74, 6) is -2.56. The molecule has 1 heterocycles. The standard InChI is InChI=1S/C34H30O11S/c1-22-17-19-26(20-18-22)46(39,40)45-30-29(44-33(37)25-15-9-4-10-16-25)28(43-32(36)24-13-7-3-8-14-24)27(42-34(30)38)21-41-31(35)23-11-5-2-6-12-23/h2-20,27-30,34,38H,21H2,1H3. The van der Waals surface area contributed by atoms with Crippen molar-refractivity contribution in [3.63, 3.8) is 0 Å². The van der Waals surface area contributed by atoms with Crippen LogP contribution in [0, 0.1) is 6.92 Å². The van der Waals surface area contributed by atoms with Crippen molar-refractivity contribution >= 4 is 28.0 Å². The molecule has 4 aromatic rings. The zero-order valence-electron chi connectivity index (χ0n) is 24.5. The largest absolute Gasteiger partial charge is 0.459 e. The van der Waals surface area contributed by atoms with Gasteiger partial charge in [-0.15, -0.1) is 0 Å². The van der Waals surface area contributed by atoms with E-state index in [1.165, 1.54) is 48.5 Å². The van der Waals surface area contributed by atoms with Gasteiger partial charge < -0.3 is 24.1 Å². The predicted octanol–water partition coefficient (Wildman–Crippen LogP) is 4.09. The molecule has 5 atom stereocenters. The molecular formula is C34H30O11S. The Morgan fingerprint density at radius 3 is 1.61 bits per heavy atom. The molecule has 1 aliphatic heterocycles. The Balaban J connectivity index is 1.51. The molecule has 0 saturated carbocycles. The monoisotopic (exact) mass is 646 g/mol. The Bertz CT molecular complexity index is 1750. The van der Waals surface area contributed by atoms with Crippen molar-refractivity contribution in [3.05, 3.63) is 138 Å². The van der Waals surface area contributed by atoms with Gasteiger partial charge in [0.15, 0.2) is 24.6 Å². The van der Waals surface area contributed by atoms with Crippen molar-refractivity contribution in [1.82, 2.24) is 0 Å². The average Bonchev–Trinajstić information content (AvgIpc) is 3.07. The van der Waals surface area contributed by atoms with Crippen molar-refractivity contribution in [2.24, 2.45) is 0 Å². The zero-order valence-corrected chi connectivity index (χ0v) is 25.3. The molecule has 12 heteroatoms. The number of esters is 3. The van der Waals surface area contributed by atoms with Gasteiger partial charge in [0.1, 0.15) is 12.7 Å². The minimum atomic E-state index is -4.58. The molecule has 238 valence electrons. The van der Waals surface area contributed by atoms with Crippen molar-refractivity contribution in [1.29, 1.82) is 0 Å². The fourth-order valence-corrected chi connectivity index (χ4v) is 5.74.